The first-order chi connectivity index (χ1) is 14.0. The fourth-order valence-corrected chi connectivity index (χ4v) is 3.58. The van der Waals surface area contributed by atoms with Gasteiger partial charge in [0.05, 0.1) is 12.2 Å². The molecule has 2 aromatic rings. The van der Waals surface area contributed by atoms with E-state index < -0.39 is 0 Å². The monoisotopic (exact) mass is 394 g/mol. The van der Waals surface area contributed by atoms with Gasteiger partial charge < -0.3 is 10.1 Å². The second-order valence-corrected chi connectivity index (χ2v) is 7.86. The number of nitrogens with one attached hydrogen (secondary N) is 1. The number of rotatable bonds is 6. The summed E-state index contributed by atoms with van der Waals surface area (Å²) < 4.78 is 5.01. The summed E-state index contributed by atoms with van der Waals surface area (Å²) in [5.41, 5.74) is 3.84. The third-order valence-corrected chi connectivity index (χ3v) is 5.48. The van der Waals surface area contributed by atoms with Gasteiger partial charge in [0.15, 0.2) is 0 Å². The maximum Gasteiger partial charge on any atom is 0.338 e. The van der Waals surface area contributed by atoms with Crippen molar-refractivity contribution in [2.24, 2.45) is 5.92 Å². The Morgan fingerprint density at radius 2 is 1.72 bits per heavy atom. The van der Waals surface area contributed by atoms with Crippen molar-refractivity contribution < 1.29 is 14.3 Å². The van der Waals surface area contributed by atoms with Crippen LogP contribution in [0.2, 0.25) is 0 Å². The number of piperidine rings is 1. The minimum atomic E-state index is -0.354. The standard InChI is InChI=1S/C24H30N2O3/c1-4-29-24(28)21-9-10-22(18(3)15-21)25-23(27)20-7-5-19(6-8-20)16-26-13-11-17(2)12-14-26/h5-10,15,17H,4,11-14,16H2,1-3H3,(H,25,27). The Morgan fingerprint density at radius 3 is 2.34 bits per heavy atom. The third-order valence-electron chi connectivity index (χ3n) is 5.48. The molecule has 0 bridgehead atoms. The van der Waals surface area contributed by atoms with Crippen molar-refractivity contribution in [1.82, 2.24) is 4.90 Å². The molecule has 1 fully saturated rings. The van der Waals surface area contributed by atoms with E-state index in [9.17, 15) is 9.59 Å². The van der Waals surface area contributed by atoms with Crippen molar-refractivity contribution in [3.63, 3.8) is 0 Å². The molecule has 0 aromatic heterocycles. The van der Waals surface area contributed by atoms with E-state index >= 15 is 0 Å². The summed E-state index contributed by atoms with van der Waals surface area (Å²) in [5, 5.41) is 2.93. The zero-order chi connectivity index (χ0) is 20.8. The molecule has 0 aliphatic carbocycles. The topological polar surface area (TPSA) is 58.6 Å². The first-order valence-corrected chi connectivity index (χ1v) is 10.4. The first kappa shape index (κ1) is 21.1. The Morgan fingerprint density at radius 1 is 1.07 bits per heavy atom. The van der Waals surface area contributed by atoms with Crippen LogP contribution in [-0.2, 0) is 11.3 Å². The molecule has 5 heteroatoms. The number of carbonyl (C=O) groups excluding carboxylic acids is 2. The number of amides is 1. The molecule has 0 radical (unpaired) electrons. The lowest BCUT2D eigenvalue weighted by Gasteiger charge is -2.30. The van der Waals surface area contributed by atoms with Crippen LogP contribution in [0.15, 0.2) is 42.5 Å². The fourth-order valence-electron chi connectivity index (χ4n) is 3.58. The molecule has 0 spiro atoms. The number of benzene rings is 2. The summed E-state index contributed by atoms with van der Waals surface area (Å²) in [5.74, 6) is 0.315. The zero-order valence-corrected chi connectivity index (χ0v) is 17.5. The van der Waals surface area contributed by atoms with E-state index in [0.29, 0.717) is 23.4 Å². The number of carbonyl (C=O) groups is 2. The van der Waals surface area contributed by atoms with Crippen LogP contribution in [0.1, 0.15) is 58.5 Å². The lowest BCUT2D eigenvalue weighted by Crippen LogP contribution is -2.32. The van der Waals surface area contributed by atoms with Gasteiger partial charge in [-0.25, -0.2) is 4.79 Å². The Kier molecular flexibility index (Phi) is 7.04. The van der Waals surface area contributed by atoms with Gasteiger partial charge in [0.2, 0.25) is 0 Å². The second kappa shape index (κ2) is 9.70. The third kappa shape index (κ3) is 5.67. The minimum absolute atomic E-state index is 0.157. The number of hydrogen-bond acceptors (Lipinski definition) is 4. The molecule has 5 nitrogen and oxygen atoms in total. The Bertz CT molecular complexity index is 853. The summed E-state index contributed by atoms with van der Waals surface area (Å²) in [7, 11) is 0. The van der Waals surface area contributed by atoms with Gasteiger partial charge in [0.25, 0.3) is 5.91 Å². The van der Waals surface area contributed by atoms with Crippen molar-refractivity contribution in [2.75, 3.05) is 25.0 Å². The number of esters is 1. The van der Waals surface area contributed by atoms with Gasteiger partial charge in [0, 0.05) is 17.8 Å². The molecule has 1 heterocycles. The summed E-state index contributed by atoms with van der Waals surface area (Å²) in [6, 6.07) is 13.0. The lowest BCUT2D eigenvalue weighted by atomic mass is 9.99. The summed E-state index contributed by atoms with van der Waals surface area (Å²) >= 11 is 0. The predicted molar refractivity (Wildman–Crippen MR) is 115 cm³/mol. The summed E-state index contributed by atoms with van der Waals surface area (Å²) in [4.78, 5) is 26.9. The van der Waals surface area contributed by atoms with Gasteiger partial charge >= 0.3 is 5.97 Å². The highest BCUT2D eigenvalue weighted by Gasteiger charge is 2.16. The number of aryl methyl sites for hydroxylation is 1. The van der Waals surface area contributed by atoms with Gasteiger partial charge in [-0.05, 0) is 87.2 Å². The van der Waals surface area contributed by atoms with Gasteiger partial charge in [-0.3, -0.25) is 9.69 Å². The van der Waals surface area contributed by atoms with Crippen LogP contribution >= 0.6 is 0 Å². The molecular formula is C24H30N2O3. The second-order valence-electron chi connectivity index (χ2n) is 7.86. The van der Waals surface area contributed by atoms with Gasteiger partial charge in [-0.2, -0.15) is 0 Å². The Balaban J connectivity index is 1.60. The molecule has 0 saturated carbocycles. The minimum Gasteiger partial charge on any atom is -0.462 e. The maximum absolute atomic E-state index is 12.6. The van der Waals surface area contributed by atoms with Crippen molar-refractivity contribution in [3.8, 4) is 0 Å². The molecule has 1 amide bonds. The molecule has 2 aromatic carbocycles. The van der Waals surface area contributed by atoms with Crippen LogP contribution in [0.3, 0.4) is 0 Å². The predicted octanol–water partition coefficient (Wildman–Crippen LogP) is 4.66. The molecule has 1 aliphatic rings. The molecule has 0 unspecified atom stereocenters. The highest BCUT2D eigenvalue weighted by Crippen LogP contribution is 2.20. The first-order valence-electron chi connectivity index (χ1n) is 10.4. The van der Waals surface area contributed by atoms with E-state index in [4.69, 9.17) is 4.74 Å². The number of ether oxygens (including phenoxy) is 1. The quantitative estimate of drug-likeness (QED) is 0.724. The number of hydrogen-bond donors (Lipinski definition) is 1. The molecule has 29 heavy (non-hydrogen) atoms. The van der Waals surface area contributed by atoms with Gasteiger partial charge in [0.1, 0.15) is 0 Å². The van der Waals surface area contributed by atoms with E-state index in [1.807, 2.05) is 31.2 Å². The van der Waals surface area contributed by atoms with Gasteiger partial charge in [-0.15, -0.1) is 0 Å². The van der Waals surface area contributed by atoms with Crippen LogP contribution in [0, 0.1) is 12.8 Å². The summed E-state index contributed by atoms with van der Waals surface area (Å²) in [6.45, 7) is 9.51. The highest BCUT2D eigenvalue weighted by molar-refractivity contribution is 6.05. The number of nitrogens with zero attached hydrogens (tertiary/aromatic N) is 1. The highest BCUT2D eigenvalue weighted by atomic mass is 16.5. The average molecular weight is 395 g/mol. The van der Waals surface area contributed by atoms with Crippen LogP contribution < -0.4 is 5.32 Å². The molecule has 1 aliphatic heterocycles. The number of anilines is 1. The molecule has 154 valence electrons. The lowest BCUT2D eigenvalue weighted by molar-refractivity contribution is 0.0526. The SMILES string of the molecule is CCOC(=O)c1ccc(NC(=O)c2ccc(CN3CCC(C)CC3)cc2)c(C)c1. The van der Waals surface area contributed by atoms with E-state index in [0.717, 1.165) is 31.1 Å². The Labute approximate surface area is 173 Å². The smallest absolute Gasteiger partial charge is 0.338 e. The van der Waals surface area contributed by atoms with Crippen LogP contribution in [0.4, 0.5) is 5.69 Å². The van der Waals surface area contributed by atoms with Crippen molar-refractivity contribution >= 4 is 17.6 Å². The molecule has 0 atom stereocenters. The number of likely N-dealkylation sites (tertiary alicyclic amines) is 1. The van der Waals surface area contributed by atoms with Crippen molar-refractivity contribution in [3.05, 3.63) is 64.7 Å². The maximum atomic E-state index is 12.6. The Hall–Kier alpha value is -2.66. The normalized spacial score (nSPS) is 15.1. The van der Waals surface area contributed by atoms with Crippen LogP contribution in [0.25, 0.3) is 0 Å². The van der Waals surface area contributed by atoms with Gasteiger partial charge in [-0.1, -0.05) is 19.1 Å². The van der Waals surface area contributed by atoms with E-state index in [-0.39, 0.29) is 11.9 Å². The average Bonchev–Trinajstić information content (AvgIpc) is 2.72. The van der Waals surface area contributed by atoms with E-state index in [1.165, 1.54) is 18.4 Å². The van der Waals surface area contributed by atoms with Crippen LogP contribution in [0.5, 0.6) is 0 Å². The largest absolute Gasteiger partial charge is 0.462 e. The molecule has 1 saturated heterocycles. The fraction of sp³-hybridized carbons (Fsp3) is 0.417. The molecular weight excluding hydrogens is 364 g/mol. The van der Waals surface area contributed by atoms with Crippen molar-refractivity contribution in [1.29, 1.82) is 0 Å². The molecule has 1 N–H and O–H groups in total. The van der Waals surface area contributed by atoms with Crippen LogP contribution in [-0.4, -0.2) is 36.5 Å². The molecule has 3 rings (SSSR count). The van der Waals surface area contributed by atoms with E-state index in [1.54, 1.807) is 25.1 Å². The zero-order valence-electron chi connectivity index (χ0n) is 17.5. The van der Waals surface area contributed by atoms with Crippen molar-refractivity contribution in [2.45, 2.75) is 40.2 Å². The summed E-state index contributed by atoms with van der Waals surface area (Å²) in [6.07, 6.45) is 2.52. The van der Waals surface area contributed by atoms with E-state index in [2.05, 4.69) is 17.1 Å².